The molecule has 2 rings (SSSR count). The van der Waals surface area contributed by atoms with E-state index in [-0.39, 0.29) is 0 Å². The monoisotopic (exact) mass is 190 g/mol. The number of benzene rings is 1. The molecule has 1 unspecified atom stereocenters. The summed E-state index contributed by atoms with van der Waals surface area (Å²) in [5, 5.41) is 1.01. The summed E-state index contributed by atoms with van der Waals surface area (Å²) in [5.74, 6) is 0. The third-order valence-corrected chi connectivity index (χ3v) is 2.77. The summed E-state index contributed by atoms with van der Waals surface area (Å²) in [6.45, 7) is 0. The van der Waals surface area contributed by atoms with Gasteiger partial charge < -0.3 is 4.55 Å². The third-order valence-electron chi connectivity index (χ3n) is 1.85. The van der Waals surface area contributed by atoms with Gasteiger partial charge in [-0.3, -0.25) is 0 Å². The van der Waals surface area contributed by atoms with Crippen LogP contribution in [0.1, 0.15) is 0 Å². The maximum atomic E-state index is 11.2. The number of hydrogen-bond donors (Lipinski definition) is 0. The van der Waals surface area contributed by atoms with Crippen molar-refractivity contribution in [2.75, 3.05) is 6.26 Å². The van der Waals surface area contributed by atoms with E-state index in [1.165, 1.54) is 0 Å². The molecule has 0 aliphatic heterocycles. The number of fused-ring (bicyclic) bond motifs is 1. The quantitative estimate of drug-likeness (QED) is 0.642. The van der Waals surface area contributed by atoms with Crippen LogP contribution in [0.15, 0.2) is 35.2 Å². The van der Waals surface area contributed by atoms with Gasteiger partial charge in [0.2, 0.25) is 0 Å². The Morgan fingerprint density at radius 1 is 1.38 bits per heavy atom. The molecule has 2 aromatic rings. The van der Waals surface area contributed by atoms with Crippen LogP contribution in [0.4, 0.5) is 0 Å². The minimum Gasteiger partial charge on any atom is -0.612 e. The van der Waals surface area contributed by atoms with Gasteiger partial charge in [-0.15, -0.1) is 0 Å². The van der Waals surface area contributed by atoms with E-state index < -0.39 is 11.2 Å². The highest BCUT2D eigenvalue weighted by Crippen LogP contribution is 2.16. The van der Waals surface area contributed by atoms with Crippen LogP contribution in [0.5, 0.6) is 0 Å². The van der Waals surface area contributed by atoms with Crippen LogP contribution in [0.3, 0.4) is 0 Å². The van der Waals surface area contributed by atoms with E-state index in [0.717, 1.165) is 15.8 Å². The van der Waals surface area contributed by atoms with E-state index in [4.69, 9.17) is 0 Å². The molecule has 0 saturated carbocycles. The van der Waals surface area contributed by atoms with Gasteiger partial charge >= 0.3 is 0 Å². The fourth-order valence-corrected chi connectivity index (χ4v) is 1.73. The molecule has 0 amide bonds. The summed E-state index contributed by atoms with van der Waals surface area (Å²) >= 11 is -0.923. The van der Waals surface area contributed by atoms with Gasteiger partial charge in [-0.1, -0.05) is 6.07 Å². The molecule has 65 valence electrons. The molecule has 0 aliphatic rings. The van der Waals surface area contributed by atoms with Gasteiger partial charge in [0.25, 0.3) is 0 Å². The normalized spacial score (nSPS) is 13.1. The van der Waals surface area contributed by atoms with E-state index in [1.807, 2.05) is 24.3 Å². The van der Waals surface area contributed by atoms with Crippen molar-refractivity contribution in [3.05, 3.63) is 36.5 Å². The highest BCUT2D eigenvalue weighted by atomic mass is 32.2. The number of aromatic nitrogens is 1. The smallest absolute Gasteiger partial charge is 0.153 e. The Morgan fingerprint density at radius 2 is 2.23 bits per heavy atom. The highest BCUT2D eigenvalue weighted by Gasteiger charge is 2.04. The topological polar surface area (TPSA) is 36.0 Å². The summed E-state index contributed by atoms with van der Waals surface area (Å²) in [6, 6.07) is 9.26. The molecule has 0 saturated heterocycles. The third kappa shape index (κ3) is 1.66. The van der Waals surface area contributed by atoms with Crippen LogP contribution >= 0.6 is 0 Å². The van der Waals surface area contributed by atoms with Gasteiger partial charge in [0.05, 0.1) is 11.7 Å². The second-order valence-corrected chi connectivity index (χ2v) is 4.13. The molecule has 2 nitrogen and oxygen atoms in total. The summed E-state index contributed by atoms with van der Waals surface area (Å²) < 4.78 is 11.2. The van der Waals surface area contributed by atoms with E-state index in [9.17, 15) is 4.55 Å². The molecule has 1 atom stereocenters. The first-order valence-corrected chi connectivity index (χ1v) is 5.43. The molecular formula is C10H8NOS. The molecule has 3 heteroatoms. The first-order chi connectivity index (χ1) is 6.27. The summed E-state index contributed by atoms with van der Waals surface area (Å²) in [4.78, 5) is 4.89. The van der Waals surface area contributed by atoms with Crippen LogP contribution < -0.4 is 0 Å². The maximum Gasteiger partial charge on any atom is 0.153 e. The predicted molar refractivity (Wildman–Crippen MR) is 52.9 cm³/mol. The molecular weight excluding hydrogens is 182 g/mol. The molecule has 0 fully saturated rings. The van der Waals surface area contributed by atoms with Crippen LogP contribution in [-0.2, 0) is 11.2 Å². The van der Waals surface area contributed by atoms with Crippen molar-refractivity contribution >= 4 is 22.1 Å². The van der Waals surface area contributed by atoms with E-state index >= 15 is 0 Å². The van der Waals surface area contributed by atoms with E-state index in [0.29, 0.717) is 0 Å². The lowest BCUT2D eigenvalue weighted by atomic mass is 10.2. The summed E-state index contributed by atoms with van der Waals surface area (Å²) in [7, 11) is 0. The second kappa shape index (κ2) is 3.36. The number of rotatable bonds is 1. The SMILES string of the molecule is C[S+]([O-])c1ccc2n[c]ccc2c1. The minimum atomic E-state index is -0.923. The molecule has 1 aromatic heterocycles. The Bertz CT molecular complexity index is 428. The van der Waals surface area contributed by atoms with Gasteiger partial charge in [0, 0.05) is 11.5 Å². The number of nitrogens with zero attached hydrogens (tertiary/aromatic N) is 1. The van der Waals surface area contributed by atoms with Crippen LogP contribution in [0.2, 0.25) is 0 Å². The van der Waals surface area contributed by atoms with Crippen LogP contribution in [0, 0.1) is 6.20 Å². The van der Waals surface area contributed by atoms with Crippen molar-refractivity contribution < 1.29 is 4.55 Å². The Balaban J connectivity index is 2.62. The predicted octanol–water partition coefficient (Wildman–Crippen LogP) is 1.77. The first kappa shape index (κ1) is 8.53. The van der Waals surface area contributed by atoms with Crippen LogP contribution in [-0.4, -0.2) is 15.8 Å². The first-order valence-electron chi connectivity index (χ1n) is 3.87. The molecule has 0 bridgehead atoms. The zero-order valence-electron chi connectivity index (χ0n) is 7.15. The van der Waals surface area contributed by atoms with Crippen molar-refractivity contribution in [1.82, 2.24) is 4.98 Å². The molecule has 13 heavy (non-hydrogen) atoms. The fraction of sp³-hybridized carbons (Fsp3) is 0.100. The summed E-state index contributed by atoms with van der Waals surface area (Å²) in [5.41, 5.74) is 0.886. The molecule has 0 N–H and O–H groups in total. The van der Waals surface area contributed by atoms with Gasteiger partial charge in [-0.05, 0) is 29.4 Å². The fourth-order valence-electron chi connectivity index (χ4n) is 1.18. The average Bonchev–Trinajstić information content (AvgIpc) is 2.17. The maximum absolute atomic E-state index is 11.2. The largest absolute Gasteiger partial charge is 0.612 e. The standard InChI is InChI=1S/C10H8NOS/c1-13(12)9-4-5-10-8(7-9)3-2-6-11-10/h2-5,7H,1H3. The molecule has 1 radical (unpaired) electrons. The Kier molecular flexibility index (Phi) is 2.20. The number of hydrogen-bond acceptors (Lipinski definition) is 2. The van der Waals surface area contributed by atoms with E-state index in [1.54, 1.807) is 12.3 Å². The Hall–Kier alpha value is -1.06. The molecule has 1 aromatic carbocycles. The lowest BCUT2D eigenvalue weighted by Gasteiger charge is -2.04. The van der Waals surface area contributed by atoms with Crippen molar-refractivity contribution in [1.29, 1.82) is 0 Å². The van der Waals surface area contributed by atoms with E-state index in [2.05, 4.69) is 11.2 Å². The lowest BCUT2D eigenvalue weighted by Crippen LogP contribution is -1.96. The van der Waals surface area contributed by atoms with Crippen LogP contribution in [0.25, 0.3) is 10.9 Å². The minimum absolute atomic E-state index is 0.834. The lowest BCUT2D eigenvalue weighted by molar-refractivity contribution is 0.601. The number of pyridine rings is 1. The Morgan fingerprint density at radius 3 is 3.00 bits per heavy atom. The van der Waals surface area contributed by atoms with Crippen molar-refractivity contribution in [2.24, 2.45) is 0 Å². The summed E-state index contributed by atoms with van der Waals surface area (Å²) in [6.07, 6.45) is 4.43. The zero-order chi connectivity index (χ0) is 9.26. The van der Waals surface area contributed by atoms with Crippen molar-refractivity contribution in [3.63, 3.8) is 0 Å². The van der Waals surface area contributed by atoms with Crippen molar-refractivity contribution in [2.45, 2.75) is 4.90 Å². The van der Waals surface area contributed by atoms with Gasteiger partial charge in [0.15, 0.2) is 4.90 Å². The van der Waals surface area contributed by atoms with Gasteiger partial charge in [-0.2, -0.15) is 0 Å². The Labute approximate surface area is 79.8 Å². The second-order valence-electron chi connectivity index (χ2n) is 2.75. The van der Waals surface area contributed by atoms with Crippen molar-refractivity contribution in [3.8, 4) is 0 Å². The molecule has 0 spiro atoms. The molecule has 0 aliphatic carbocycles. The highest BCUT2D eigenvalue weighted by molar-refractivity contribution is 7.90. The van der Waals surface area contributed by atoms with Gasteiger partial charge in [0.1, 0.15) is 6.26 Å². The van der Waals surface area contributed by atoms with Gasteiger partial charge in [-0.25, -0.2) is 4.98 Å². The average molecular weight is 190 g/mol. The molecule has 1 heterocycles. The zero-order valence-corrected chi connectivity index (χ0v) is 7.97.